The number of ether oxygens (including phenoxy) is 1. The monoisotopic (exact) mass is 522 g/mol. The van der Waals surface area contributed by atoms with Crippen LogP contribution in [0.5, 0.6) is 0 Å². The van der Waals surface area contributed by atoms with Crippen molar-refractivity contribution in [3.8, 4) is 0 Å². The van der Waals surface area contributed by atoms with Crippen molar-refractivity contribution in [1.82, 2.24) is 0 Å². The number of rotatable bonds is 8. The molecule has 0 amide bonds. The molecule has 28 heavy (non-hydrogen) atoms. The first kappa shape index (κ1) is 24.2. The van der Waals surface area contributed by atoms with Gasteiger partial charge in [0, 0.05) is 10.8 Å². The highest BCUT2D eigenvalue weighted by Crippen LogP contribution is 2.63. The van der Waals surface area contributed by atoms with E-state index in [4.69, 9.17) is 14.9 Å². The highest BCUT2D eigenvalue weighted by atomic mass is 127. The average molecular weight is 522 g/mol. The van der Waals surface area contributed by atoms with E-state index in [0.717, 1.165) is 24.8 Å². The quantitative estimate of drug-likeness (QED) is 0.198. The molecule has 2 aliphatic carbocycles. The van der Waals surface area contributed by atoms with Crippen molar-refractivity contribution in [1.29, 1.82) is 0 Å². The summed E-state index contributed by atoms with van der Waals surface area (Å²) in [5, 5.41) is 18.1. The Hall–Kier alpha value is -0.0500. The fraction of sp³-hybridized carbons (Fsp3) is 0.773. The van der Waals surface area contributed by atoms with Gasteiger partial charge in [-0.3, -0.25) is 0 Å². The normalized spacial score (nSPS) is 33.7. The fourth-order valence-corrected chi connectivity index (χ4v) is 7.79. The van der Waals surface area contributed by atoms with Gasteiger partial charge in [0.2, 0.25) is 0 Å². The van der Waals surface area contributed by atoms with Crippen molar-refractivity contribution < 1.29 is 19.7 Å². The summed E-state index contributed by atoms with van der Waals surface area (Å²) >= 11 is 2.49. The molecule has 2 rings (SSSR count). The Morgan fingerprint density at radius 2 is 2.07 bits per heavy atom. The minimum atomic E-state index is -0.847. The van der Waals surface area contributed by atoms with Gasteiger partial charge in [-0.1, -0.05) is 40.0 Å². The van der Waals surface area contributed by atoms with Crippen LogP contribution >= 0.6 is 30.1 Å². The van der Waals surface area contributed by atoms with E-state index >= 15 is 0 Å². The lowest BCUT2D eigenvalue weighted by Gasteiger charge is -2.58. The van der Waals surface area contributed by atoms with Gasteiger partial charge in [-0.2, -0.15) is 0 Å². The first-order valence-electron chi connectivity index (χ1n) is 10.3. The number of fused-ring (bicyclic) bond motifs is 1. The molecule has 0 unspecified atom stereocenters. The number of esters is 1. The molecule has 0 aromatic rings. The standard InChI is InChI=1S/C22H35IO4S/c1-15(12-20(26)27-17(13-24)14-25)6-8-18-16(2)7-9-19-21(18,3)10-5-11-22(19,4)28-23/h12,17-19,24-25H,2,5-11,13-14H2,1,3-4H3/b15-12+/t18-,19+,21-,22+/m1/s1. The lowest BCUT2D eigenvalue weighted by Crippen LogP contribution is -2.52. The van der Waals surface area contributed by atoms with Crippen molar-refractivity contribution in [2.24, 2.45) is 17.3 Å². The van der Waals surface area contributed by atoms with Gasteiger partial charge in [0.25, 0.3) is 0 Å². The highest BCUT2D eigenvalue weighted by molar-refractivity contribution is 14.2. The zero-order valence-corrected chi connectivity index (χ0v) is 20.4. The lowest BCUT2D eigenvalue weighted by molar-refractivity contribution is -0.147. The van der Waals surface area contributed by atoms with E-state index in [0.29, 0.717) is 16.6 Å². The second-order valence-corrected chi connectivity index (χ2v) is 11.4. The molecule has 0 spiro atoms. The van der Waals surface area contributed by atoms with Crippen molar-refractivity contribution in [3.05, 3.63) is 23.8 Å². The predicted molar refractivity (Wildman–Crippen MR) is 124 cm³/mol. The minimum absolute atomic E-state index is 0.278. The third-order valence-corrected chi connectivity index (χ3v) is 10.9. The Balaban J connectivity index is 2.06. The predicted octanol–water partition coefficient (Wildman–Crippen LogP) is 5.22. The zero-order valence-electron chi connectivity index (χ0n) is 17.4. The van der Waals surface area contributed by atoms with E-state index in [1.165, 1.54) is 37.3 Å². The summed E-state index contributed by atoms with van der Waals surface area (Å²) in [6.45, 7) is 10.6. The van der Waals surface area contributed by atoms with E-state index in [-0.39, 0.29) is 18.6 Å². The maximum absolute atomic E-state index is 12.0. The Morgan fingerprint density at radius 3 is 2.68 bits per heavy atom. The Morgan fingerprint density at radius 1 is 1.39 bits per heavy atom. The Labute approximate surface area is 186 Å². The topological polar surface area (TPSA) is 66.8 Å². The lowest BCUT2D eigenvalue weighted by atomic mass is 9.50. The van der Waals surface area contributed by atoms with Gasteiger partial charge < -0.3 is 14.9 Å². The molecule has 0 aromatic heterocycles. The number of hydrogen-bond acceptors (Lipinski definition) is 5. The largest absolute Gasteiger partial charge is 0.454 e. The van der Waals surface area contributed by atoms with Crippen LogP contribution in [0.15, 0.2) is 23.8 Å². The van der Waals surface area contributed by atoms with Gasteiger partial charge in [-0.05, 0) is 90.8 Å². The maximum atomic E-state index is 12.0. The smallest absolute Gasteiger partial charge is 0.331 e. The summed E-state index contributed by atoms with van der Waals surface area (Å²) in [6.07, 6.45) is 8.66. The van der Waals surface area contributed by atoms with Gasteiger partial charge in [-0.15, -0.1) is 0 Å². The molecule has 2 fully saturated rings. The van der Waals surface area contributed by atoms with Gasteiger partial charge in [0.05, 0.1) is 13.2 Å². The molecule has 6 heteroatoms. The summed E-state index contributed by atoms with van der Waals surface area (Å²) in [7, 11) is 2.01. The first-order valence-corrected chi connectivity index (χ1v) is 13.6. The van der Waals surface area contributed by atoms with Gasteiger partial charge in [-0.25, -0.2) is 4.79 Å². The molecular formula is C22H35IO4S. The molecule has 160 valence electrons. The second-order valence-electron chi connectivity index (χ2n) is 9.00. The van der Waals surface area contributed by atoms with Crippen LogP contribution in [0.2, 0.25) is 0 Å². The molecule has 2 saturated carbocycles. The van der Waals surface area contributed by atoms with Crippen LogP contribution < -0.4 is 0 Å². The van der Waals surface area contributed by atoms with E-state index in [9.17, 15) is 4.79 Å². The molecule has 0 heterocycles. The molecule has 0 saturated heterocycles. The van der Waals surface area contributed by atoms with Crippen molar-refractivity contribution >= 4 is 36.1 Å². The average Bonchev–Trinajstić information content (AvgIpc) is 2.65. The number of allylic oxidation sites excluding steroid dienone is 2. The number of carbonyl (C=O) groups excluding carboxylic acids is 1. The second kappa shape index (κ2) is 10.3. The van der Waals surface area contributed by atoms with Crippen LogP contribution in [0.3, 0.4) is 0 Å². The molecule has 0 aromatic carbocycles. The number of carbonyl (C=O) groups is 1. The van der Waals surface area contributed by atoms with E-state index in [2.05, 4.69) is 41.6 Å². The third kappa shape index (κ3) is 5.35. The molecule has 2 N–H and O–H groups in total. The van der Waals surface area contributed by atoms with Crippen LogP contribution in [0.4, 0.5) is 0 Å². The molecule has 0 radical (unpaired) electrons. The van der Waals surface area contributed by atoms with E-state index < -0.39 is 12.1 Å². The van der Waals surface area contributed by atoms with Crippen LogP contribution in [0, 0.1) is 17.3 Å². The minimum Gasteiger partial charge on any atom is -0.454 e. The number of halogens is 1. The molecule has 2 aliphatic rings. The molecule has 4 nitrogen and oxygen atoms in total. The van der Waals surface area contributed by atoms with Crippen LogP contribution in [-0.4, -0.2) is 40.2 Å². The highest BCUT2D eigenvalue weighted by Gasteiger charge is 2.54. The van der Waals surface area contributed by atoms with Gasteiger partial charge in [0.15, 0.2) is 0 Å². The van der Waals surface area contributed by atoms with Gasteiger partial charge >= 0.3 is 5.97 Å². The summed E-state index contributed by atoms with van der Waals surface area (Å²) in [4.78, 5) is 12.0. The Bertz CT molecular complexity index is 603. The number of hydrogen-bond donors (Lipinski definition) is 2. The zero-order chi connectivity index (χ0) is 20.9. The van der Waals surface area contributed by atoms with Crippen molar-refractivity contribution in [2.45, 2.75) is 76.6 Å². The number of aliphatic hydroxyl groups excluding tert-OH is 2. The third-order valence-electron chi connectivity index (χ3n) is 7.02. The van der Waals surface area contributed by atoms with Crippen molar-refractivity contribution in [2.75, 3.05) is 13.2 Å². The fourth-order valence-electron chi connectivity index (χ4n) is 5.49. The SMILES string of the molecule is C=C1CC[C@H]2[C@](C)(CCC[C@]2(C)SI)[C@@H]1CC/C(C)=C/C(=O)OC(CO)CO. The van der Waals surface area contributed by atoms with Crippen LogP contribution in [0.25, 0.3) is 0 Å². The van der Waals surface area contributed by atoms with Gasteiger partial charge in [0.1, 0.15) is 6.10 Å². The summed E-state index contributed by atoms with van der Waals surface area (Å²) in [6, 6.07) is 0. The summed E-state index contributed by atoms with van der Waals surface area (Å²) in [5.41, 5.74) is 2.62. The molecule has 0 aliphatic heterocycles. The summed E-state index contributed by atoms with van der Waals surface area (Å²) in [5.74, 6) is 0.690. The van der Waals surface area contributed by atoms with E-state index in [1.54, 1.807) is 0 Å². The van der Waals surface area contributed by atoms with Crippen LogP contribution in [-0.2, 0) is 9.53 Å². The van der Waals surface area contributed by atoms with Crippen LogP contribution in [0.1, 0.15) is 65.7 Å². The first-order chi connectivity index (χ1) is 13.2. The van der Waals surface area contributed by atoms with E-state index in [1.807, 2.05) is 15.9 Å². The molecule has 4 atom stereocenters. The summed E-state index contributed by atoms with van der Waals surface area (Å²) < 4.78 is 5.38. The molecule has 0 bridgehead atoms. The Kier molecular flexibility index (Phi) is 8.92. The number of aliphatic hydroxyl groups is 2. The maximum Gasteiger partial charge on any atom is 0.331 e. The van der Waals surface area contributed by atoms with Crippen molar-refractivity contribution in [3.63, 3.8) is 0 Å². The molecular weight excluding hydrogens is 487 g/mol.